The van der Waals surface area contributed by atoms with E-state index in [0.29, 0.717) is 11.5 Å². The van der Waals surface area contributed by atoms with E-state index in [1.807, 2.05) is 12.4 Å². The van der Waals surface area contributed by atoms with Crippen LogP contribution in [0.25, 0.3) is 10.9 Å². The average Bonchev–Trinajstić information content (AvgIpc) is 3.01. The fraction of sp³-hybridized carbons (Fsp3) is 0.474. The number of thiazole rings is 1. The number of aromatic amines is 1. The summed E-state index contributed by atoms with van der Waals surface area (Å²) in [6, 6.07) is 7.35. The molecule has 2 aromatic heterocycles. The molecule has 1 saturated carbocycles. The zero-order valence-corrected chi connectivity index (χ0v) is 16.3. The molecule has 1 aromatic carbocycles. The predicted octanol–water partition coefficient (Wildman–Crippen LogP) is 3.59. The minimum absolute atomic E-state index is 0. The third-order valence-electron chi connectivity index (χ3n) is 5.90. The van der Waals surface area contributed by atoms with Crippen LogP contribution >= 0.6 is 23.7 Å². The van der Waals surface area contributed by atoms with Gasteiger partial charge in [-0.25, -0.2) is 4.98 Å². The van der Waals surface area contributed by atoms with Gasteiger partial charge in [0.2, 0.25) is 0 Å². The van der Waals surface area contributed by atoms with Crippen LogP contribution in [-0.2, 0) is 13.1 Å². The zero-order chi connectivity index (χ0) is 16.7. The Morgan fingerprint density at radius 2 is 2.12 bits per heavy atom. The van der Waals surface area contributed by atoms with E-state index in [0.717, 1.165) is 18.6 Å². The molecule has 1 aliphatic heterocycles. The molecule has 0 amide bonds. The molecule has 3 aromatic rings. The monoisotopic (exact) mass is 389 g/mol. The smallest absolute Gasteiger partial charge is 0.107 e. The summed E-state index contributed by atoms with van der Waals surface area (Å²) in [5, 5.41) is 15.2. The van der Waals surface area contributed by atoms with Gasteiger partial charge in [-0.05, 0) is 49.4 Å². The van der Waals surface area contributed by atoms with E-state index in [1.54, 1.807) is 11.3 Å². The molecule has 1 unspecified atom stereocenters. The Kier molecular flexibility index (Phi) is 5.01. The largest absolute Gasteiger partial charge is 0.317 e. The van der Waals surface area contributed by atoms with Crippen molar-refractivity contribution in [3.63, 3.8) is 0 Å². The molecule has 26 heavy (non-hydrogen) atoms. The minimum atomic E-state index is 0. The van der Waals surface area contributed by atoms with Crippen molar-refractivity contribution >= 4 is 34.6 Å². The second kappa shape index (κ2) is 7.27. The Morgan fingerprint density at radius 3 is 2.92 bits per heavy atom. The normalized spacial score (nSPS) is 21.2. The summed E-state index contributed by atoms with van der Waals surface area (Å²) in [6.07, 6.45) is 7.77. The van der Waals surface area contributed by atoms with Crippen LogP contribution in [0.4, 0.5) is 0 Å². The van der Waals surface area contributed by atoms with Crippen molar-refractivity contribution < 1.29 is 0 Å². The first-order valence-electron chi connectivity index (χ1n) is 9.08. The molecular weight excluding hydrogens is 366 g/mol. The van der Waals surface area contributed by atoms with Crippen LogP contribution in [0.5, 0.6) is 0 Å². The van der Waals surface area contributed by atoms with Crippen LogP contribution in [0.15, 0.2) is 36.0 Å². The molecule has 2 N–H and O–H groups in total. The highest BCUT2D eigenvalue weighted by Crippen LogP contribution is 2.56. The highest BCUT2D eigenvalue weighted by Gasteiger charge is 2.56. The lowest BCUT2D eigenvalue weighted by Gasteiger charge is -2.29. The second-order valence-corrected chi connectivity index (χ2v) is 8.43. The Hall–Kier alpha value is -1.47. The molecule has 1 spiro atoms. The van der Waals surface area contributed by atoms with Crippen molar-refractivity contribution in [2.45, 2.75) is 38.4 Å². The quantitative estimate of drug-likeness (QED) is 0.700. The molecule has 2 aliphatic rings. The van der Waals surface area contributed by atoms with Gasteiger partial charge in [-0.3, -0.25) is 10.00 Å². The fourth-order valence-corrected chi connectivity index (χ4v) is 5.04. The fourth-order valence-electron chi connectivity index (χ4n) is 4.40. The number of nitrogens with zero attached hydrogens (tertiary/aromatic N) is 3. The van der Waals surface area contributed by atoms with Crippen LogP contribution in [0.2, 0.25) is 0 Å². The number of H-pyrrole nitrogens is 1. The van der Waals surface area contributed by atoms with Gasteiger partial charge in [0.15, 0.2) is 0 Å². The highest BCUT2D eigenvalue weighted by molar-refractivity contribution is 7.09. The van der Waals surface area contributed by atoms with Gasteiger partial charge in [0.25, 0.3) is 0 Å². The van der Waals surface area contributed by atoms with Gasteiger partial charge in [0.05, 0.1) is 18.3 Å². The number of aromatic nitrogens is 3. The van der Waals surface area contributed by atoms with Crippen LogP contribution in [0, 0.1) is 5.41 Å². The zero-order valence-electron chi connectivity index (χ0n) is 14.6. The predicted molar refractivity (Wildman–Crippen MR) is 108 cm³/mol. The van der Waals surface area contributed by atoms with Gasteiger partial charge in [0, 0.05) is 29.5 Å². The van der Waals surface area contributed by atoms with Gasteiger partial charge < -0.3 is 5.32 Å². The van der Waals surface area contributed by atoms with Crippen molar-refractivity contribution in [1.82, 2.24) is 25.4 Å². The number of hydrogen-bond acceptors (Lipinski definition) is 5. The summed E-state index contributed by atoms with van der Waals surface area (Å²) >= 11 is 1.76. The molecule has 1 aliphatic carbocycles. The van der Waals surface area contributed by atoms with E-state index >= 15 is 0 Å². The summed E-state index contributed by atoms with van der Waals surface area (Å²) < 4.78 is 0. The van der Waals surface area contributed by atoms with Crippen LogP contribution in [-0.4, -0.2) is 39.2 Å². The Balaban J connectivity index is 0.00000168. The molecule has 5 nitrogen and oxygen atoms in total. The summed E-state index contributed by atoms with van der Waals surface area (Å²) in [6.45, 7) is 4.27. The first-order valence-corrected chi connectivity index (χ1v) is 9.96. The van der Waals surface area contributed by atoms with Crippen molar-refractivity contribution in [1.29, 1.82) is 0 Å². The van der Waals surface area contributed by atoms with Crippen LogP contribution in [0.1, 0.15) is 29.8 Å². The summed E-state index contributed by atoms with van der Waals surface area (Å²) in [5.74, 6) is 0. The molecule has 0 bridgehead atoms. The third kappa shape index (κ3) is 3.39. The Bertz CT molecular complexity index is 856. The van der Waals surface area contributed by atoms with E-state index in [2.05, 4.69) is 49.0 Å². The van der Waals surface area contributed by atoms with Crippen LogP contribution in [0.3, 0.4) is 0 Å². The SMILES string of the molecule is Cl.c1csc(CN(Cc2ccc3cn[nH]c3c2)C2CC23CCNCC3)n1. The van der Waals surface area contributed by atoms with Gasteiger partial charge in [0.1, 0.15) is 5.01 Å². The Labute approximate surface area is 163 Å². The highest BCUT2D eigenvalue weighted by atomic mass is 35.5. The van der Waals surface area contributed by atoms with Crippen molar-refractivity contribution in [2.75, 3.05) is 13.1 Å². The summed E-state index contributed by atoms with van der Waals surface area (Å²) in [4.78, 5) is 7.19. The van der Waals surface area contributed by atoms with Crippen molar-refractivity contribution in [3.8, 4) is 0 Å². The number of piperidine rings is 1. The maximum absolute atomic E-state index is 4.53. The number of fused-ring (bicyclic) bond motifs is 1. The van der Waals surface area contributed by atoms with Gasteiger partial charge in [-0.1, -0.05) is 12.1 Å². The molecule has 138 valence electrons. The van der Waals surface area contributed by atoms with Crippen molar-refractivity contribution in [3.05, 3.63) is 46.5 Å². The number of hydrogen-bond donors (Lipinski definition) is 2. The molecule has 0 radical (unpaired) electrons. The van der Waals surface area contributed by atoms with Crippen LogP contribution < -0.4 is 5.32 Å². The van der Waals surface area contributed by atoms with E-state index in [4.69, 9.17) is 0 Å². The topological polar surface area (TPSA) is 56.8 Å². The molecule has 2 fully saturated rings. The summed E-state index contributed by atoms with van der Waals surface area (Å²) in [7, 11) is 0. The van der Waals surface area contributed by atoms with E-state index in [9.17, 15) is 0 Å². The molecular formula is C19H24ClN5S. The number of rotatable bonds is 5. The Morgan fingerprint density at radius 1 is 1.23 bits per heavy atom. The van der Waals surface area contributed by atoms with Gasteiger partial charge in [-0.15, -0.1) is 23.7 Å². The average molecular weight is 390 g/mol. The van der Waals surface area contributed by atoms with Gasteiger partial charge in [-0.2, -0.15) is 5.10 Å². The number of halogens is 1. The first kappa shape index (κ1) is 17.9. The van der Waals surface area contributed by atoms with Crippen molar-refractivity contribution in [2.24, 2.45) is 5.41 Å². The van der Waals surface area contributed by atoms with E-state index in [-0.39, 0.29) is 12.4 Å². The standard InChI is InChI=1S/C19H23N5S.ClH/c1-2-15-11-22-23-16(15)9-14(1)12-24(13-18-21-7-8-25-18)17-10-19(17)3-5-20-6-4-19;/h1-2,7-9,11,17,20H,3-6,10,12-13H2,(H,22,23);1H. The maximum Gasteiger partial charge on any atom is 0.107 e. The lowest BCUT2D eigenvalue weighted by molar-refractivity contribution is 0.188. The molecule has 3 heterocycles. The maximum atomic E-state index is 4.53. The second-order valence-electron chi connectivity index (χ2n) is 7.45. The first-order chi connectivity index (χ1) is 12.3. The molecule has 5 rings (SSSR count). The summed E-state index contributed by atoms with van der Waals surface area (Å²) in [5.41, 5.74) is 3.02. The third-order valence-corrected chi connectivity index (χ3v) is 6.66. The molecule has 1 atom stereocenters. The lowest BCUT2D eigenvalue weighted by atomic mass is 9.93. The number of benzene rings is 1. The van der Waals surface area contributed by atoms with Gasteiger partial charge >= 0.3 is 0 Å². The minimum Gasteiger partial charge on any atom is -0.317 e. The van der Waals surface area contributed by atoms with E-state index in [1.165, 1.54) is 48.3 Å². The lowest BCUT2D eigenvalue weighted by Crippen LogP contribution is -2.35. The molecule has 1 saturated heterocycles. The molecule has 7 heteroatoms. The number of nitrogens with one attached hydrogen (secondary N) is 2. The van der Waals surface area contributed by atoms with E-state index < -0.39 is 0 Å².